The number of hydrogen-bond donors (Lipinski definition) is 3. The summed E-state index contributed by atoms with van der Waals surface area (Å²) in [5.74, 6) is 0.695. The second kappa shape index (κ2) is 5.19. The van der Waals surface area contributed by atoms with E-state index in [9.17, 15) is 0 Å². The van der Waals surface area contributed by atoms with Crippen molar-refractivity contribution in [3.8, 4) is 0 Å². The van der Waals surface area contributed by atoms with Gasteiger partial charge in [0.15, 0.2) is 5.82 Å². The normalized spacial score (nSPS) is 14.7. The van der Waals surface area contributed by atoms with Gasteiger partial charge in [-0.1, -0.05) is 18.5 Å². The van der Waals surface area contributed by atoms with Crippen LogP contribution in [0.25, 0.3) is 0 Å². The predicted octanol–water partition coefficient (Wildman–Crippen LogP) is 1.75. The summed E-state index contributed by atoms with van der Waals surface area (Å²) in [5.41, 5.74) is 6.29. The number of aromatic nitrogens is 1. The van der Waals surface area contributed by atoms with Gasteiger partial charge in [0.05, 0.1) is 5.69 Å². The Kier molecular flexibility index (Phi) is 4.17. The zero-order chi connectivity index (χ0) is 11.4. The van der Waals surface area contributed by atoms with E-state index in [1.807, 2.05) is 13.8 Å². The van der Waals surface area contributed by atoms with Crippen molar-refractivity contribution in [2.75, 3.05) is 17.7 Å². The second-order valence-electron chi connectivity index (χ2n) is 3.66. The van der Waals surface area contributed by atoms with Gasteiger partial charge in [-0.25, -0.2) is 4.98 Å². The van der Waals surface area contributed by atoms with E-state index in [-0.39, 0.29) is 18.6 Å². The molecule has 1 aromatic heterocycles. The van der Waals surface area contributed by atoms with Gasteiger partial charge in [-0.3, -0.25) is 0 Å². The van der Waals surface area contributed by atoms with E-state index in [2.05, 4.69) is 10.3 Å². The molecule has 0 fully saturated rings. The van der Waals surface area contributed by atoms with Gasteiger partial charge < -0.3 is 16.2 Å². The summed E-state index contributed by atoms with van der Waals surface area (Å²) < 4.78 is 0. The molecule has 0 aliphatic rings. The maximum atomic E-state index is 8.99. The first-order valence-electron chi connectivity index (χ1n) is 4.84. The molecule has 0 aliphatic carbocycles. The van der Waals surface area contributed by atoms with E-state index >= 15 is 0 Å². The first-order chi connectivity index (χ1) is 7.04. The summed E-state index contributed by atoms with van der Waals surface area (Å²) in [6.45, 7) is 4.02. The molecule has 1 aromatic rings. The first kappa shape index (κ1) is 12.1. The SMILES string of the molecule is CC(CO)C(C)Nc1nc(Cl)ccc1N. The molecule has 0 spiro atoms. The van der Waals surface area contributed by atoms with Crippen LogP contribution in [0.15, 0.2) is 12.1 Å². The number of halogens is 1. The Balaban J connectivity index is 2.75. The Morgan fingerprint density at radius 3 is 2.80 bits per heavy atom. The smallest absolute Gasteiger partial charge is 0.151 e. The van der Waals surface area contributed by atoms with Gasteiger partial charge >= 0.3 is 0 Å². The largest absolute Gasteiger partial charge is 0.396 e. The quantitative estimate of drug-likeness (QED) is 0.688. The third-order valence-corrected chi connectivity index (χ3v) is 2.61. The summed E-state index contributed by atoms with van der Waals surface area (Å²) >= 11 is 5.76. The predicted molar refractivity (Wildman–Crippen MR) is 63.0 cm³/mol. The van der Waals surface area contributed by atoms with Crippen LogP contribution in [0.1, 0.15) is 13.8 Å². The minimum absolute atomic E-state index is 0.0864. The van der Waals surface area contributed by atoms with Crippen LogP contribution in [-0.4, -0.2) is 22.7 Å². The number of rotatable bonds is 4. The van der Waals surface area contributed by atoms with Gasteiger partial charge in [-0.05, 0) is 25.0 Å². The fraction of sp³-hybridized carbons (Fsp3) is 0.500. The van der Waals surface area contributed by atoms with Crippen molar-refractivity contribution in [3.63, 3.8) is 0 Å². The average Bonchev–Trinajstić information content (AvgIpc) is 2.22. The number of nitrogen functional groups attached to an aromatic ring is 1. The highest BCUT2D eigenvalue weighted by Gasteiger charge is 2.12. The zero-order valence-corrected chi connectivity index (χ0v) is 9.62. The van der Waals surface area contributed by atoms with Crippen molar-refractivity contribution >= 4 is 23.1 Å². The van der Waals surface area contributed by atoms with Gasteiger partial charge in [0.25, 0.3) is 0 Å². The van der Waals surface area contributed by atoms with Crippen molar-refractivity contribution in [2.45, 2.75) is 19.9 Å². The lowest BCUT2D eigenvalue weighted by atomic mass is 10.1. The van der Waals surface area contributed by atoms with Gasteiger partial charge in [0.1, 0.15) is 5.15 Å². The molecule has 5 heteroatoms. The van der Waals surface area contributed by atoms with Crippen molar-refractivity contribution in [2.24, 2.45) is 5.92 Å². The number of nitrogens with one attached hydrogen (secondary N) is 1. The number of nitrogens with two attached hydrogens (primary N) is 1. The van der Waals surface area contributed by atoms with Crippen LogP contribution < -0.4 is 11.1 Å². The Bertz CT molecular complexity index is 332. The maximum Gasteiger partial charge on any atom is 0.151 e. The van der Waals surface area contributed by atoms with E-state index in [0.29, 0.717) is 16.7 Å². The molecule has 0 aromatic carbocycles. The minimum atomic E-state index is 0.0864. The topological polar surface area (TPSA) is 71.2 Å². The second-order valence-corrected chi connectivity index (χ2v) is 4.05. The standard InChI is InChI=1S/C10H16ClN3O/c1-6(5-15)7(2)13-10-8(12)3-4-9(11)14-10/h3-4,6-7,15H,5,12H2,1-2H3,(H,13,14). The Labute approximate surface area is 94.5 Å². The van der Waals surface area contributed by atoms with Crippen LogP contribution in [0, 0.1) is 5.92 Å². The summed E-state index contributed by atoms with van der Waals surface area (Å²) in [6, 6.07) is 3.43. The van der Waals surface area contributed by atoms with Crippen molar-refractivity contribution in [1.82, 2.24) is 4.98 Å². The molecule has 84 valence electrons. The van der Waals surface area contributed by atoms with Gasteiger partial charge in [-0.2, -0.15) is 0 Å². The molecule has 2 unspecified atom stereocenters. The highest BCUT2D eigenvalue weighted by Crippen LogP contribution is 2.20. The number of hydrogen-bond acceptors (Lipinski definition) is 4. The van der Waals surface area contributed by atoms with Crippen LogP contribution in [-0.2, 0) is 0 Å². The van der Waals surface area contributed by atoms with E-state index in [1.165, 1.54) is 0 Å². The zero-order valence-electron chi connectivity index (χ0n) is 8.87. The molecule has 0 saturated heterocycles. The third-order valence-electron chi connectivity index (χ3n) is 2.40. The van der Waals surface area contributed by atoms with E-state index in [4.69, 9.17) is 22.4 Å². The third kappa shape index (κ3) is 3.25. The van der Waals surface area contributed by atoms with Crippen molar-refractivity contribution in [1.29, 1.82) is 0 Å². The van der Waals surface area contributed by atoms with Crippen LogP contribution in [0.5, 0.6) is 0 Å². The van der Waals surface area contributed by atoms with E-state index < -0.39 is 0 Å². The first-order valence-corrected chi connectivity index (χ1v) is 5.21. The number of anilines is 2. The molecule has 0 radical (unpaired) electrons. The lowest BCUT2D eigenvalue weighted by molar-refractivity contribution is 0.226. The number of nitrogens with zero attached hydrogens (tertiary/aromatic N) is 1. The number of aliphatic hydroxyl groups is 1. The average molecular weight is 230 g/mol. The van der Waals surface area contributed by atoms with Crippen LogP contribution in [0.4, 0.5) is 11.5 Å². The Hall–Kier alpha value is -1.00. The fourth-order valence-electron chi connectivity index (χ4n) is 1.08. The molecule has 4 nitrogen and oxygen atoms in total. The molecule has 0 saturated carbocycles. The molecular weight excluding hydrogens is 214 g/mol. The van der Waals surface area contributed by atoms with Crippen molar-refractivity contribution < 1.29 is 5.11 Å². The number of pyridine rings is 1. The maximum absolute atomic E-state index is 8.99. The van der Waals surface area contributed by atoms with E-state index in [0.717, 1.165) is 0 Å². The van der Waals surface area contributed by atoms with Gasteiger partial charge in [0.2, 0.25) is 0 Å². The summed E-state index contributed by atoms with van der Waals surface area (Å²) in [4.78, 5) is 4.08. The lowest BCUT2D eigenvalue weighted by Crippen LogP contribution is -2.27. The highest BCUT2D eigenvalue weighted by molar-refractivity contribution is 6.29. The molecule has 1 rings (SSSR count). The van der Waals surface area contributed by atoms with E-state index in [1.54, 1.807) is 12.1 Å². The molecule has 15 heavy (non-hydrogen) atoms. The molecule has 0 bridgehead atoms. The summed E-state index contributed by atoms with van der Waals surface area (Å²) in [7, 11) is 0. The molecule has 1 heterocycles. The van der Waals surface area contributed by atoms with Crippen LogP contribution in [0.2, 0.25) is 5.15 Å². The Morgan fingerprint density at radius 2 is 2.20 bits per heavy atom. The minimum Gasteiger partial charge on any atom is -0.396 e. The lowest BCUT2D eigenvalue weighted by Gasteiger charge is -2.20. The molecular formula is C10H16ClN3O. The number of aliphatic hydroxyl groups excluding tert-OH is 1. The molecule has 0 amide bonds. The molecule has 0 aliphatic heterocycles. The van der Waals surface area contributed by atoms with Gasteiger partial charge in [0, 0.05) is 12.6 Å². The fourth-order valence-corrected chi connectivity index (χ4v) is 1.23. The van der Waals surface area contributed by atoms with Crippen LogP contribution >= 0.6 is 11.6 Å². The Morgan fingerprint density at radius 1 is 1.53 bits per heavy atom. The van der Waals surface area contributed by atoms with Gasteiger partial charge in [-0.15, -0.1) is 0 Å². The summed E-state index contributed by atoms with van der Waals surface area (Å²) in [5, 5.41) is 12.5. The summed E-state index contributed by atoms with van der Waals surface area (Å²) in [6.07, 6.45) is 0. The monoisotopic (exact) mass is 229 g/mol. The molecule has 4 N–H and O–H groups in total. The van der Waals surface area contributed by atoms with Crippen LogP contribution in [0.3, 0.4) is 0 Å². The molecule has 2 atom stereocenters. The highest BCUT2D eigenvalue weighted by atomic mass is 35.5. The van der Waals surface area contributed by atoms with Crippen molar-refractivity contribution in [3.05, 3.63) is 17.3 Å².